The van der Waals surface area contributed by atoms with E-state index in [2.05, 4.69) is 24.3 Å². The van der Waals surface area contributed by atoms with Gasteiger partial charge in [0.25, 0.3) is 0 Å². The molecule has 1 fully saturated rings. The monoisotopic (exact) mass is 441 g/mol. The van der Waals surface area contributed by atoms with Gasteiger partial charge in [0.15, 0.2) is 11.5 Å². The van der Waals surface area contributed by atoms with Gasteiger partial charge in [-0.2, -0.15) is 0 Å². The first kappa shape index (κ1) is 23.9. The minimum atomic E-state index is -0.591. The number of aryl methyl sites for hydroxylation is 1. The summed E-state index contributed by atoms with van der Waals surface area (Å²) in [4.78, 5) is 13.8. The fourth-order valence-electron chi connectivity index (χ4n) is 4.47. The van der Waals surface area contributed by atoms with Gasteiger partial charge < -0.3 is 24.2 Å². The maximum atomic E-state index is 12.2. The minimum absolute atomic E-state index is 0.0482. The largest absolute Gasteiger partial charge is 0.493 e. The van der Waals surface area contributed by atoms with Crippen LogP contribution in [0, 0.1) is 5.41 Å². The molecule has 3 atom stereocenters. The number of unbranched alkanes of at least 4 members (excludes halogenated alkanes) is 1. The normalized spacial score (nSPS) is 21.3. The second-order valence-electron chi connectivity index (χ2n) is 8.79. The lowest BCUT2D eigenvalue weighted by Gasteiger charge is -2.33. The Bertz CT molecular complexity index is 885. The molecule has 0 unspecified atom stereocenters. The van der Waals surface area contributed by atoms with Gasteiger partial charge in [0.2, 0.25) is 0 Å². The van der Waals surface area contributed by atoms with Crippen LogP contribution in [0.4, 0.5) is 4.79 Å². The Labute approximate surface area is 191 Å². The number of aliphatic hydroxyl groups excluding tert-OH is 1. The molecule has 1 heterocycles. The summed E-state index contributed by atoms with van der Waals surface area (Å²) in [5, 5.41) is 10.5. The Morgan fingerprint density at radius 3 is 2.56 bits per heavy atom. The zero-order chi connectivity index (χ0) is 23.1. The highest BCUT2D eigenvalue weighted by Crippen LogP contribution is 2.47. The van der Waals surface area contributed by atoms with E-state index in [0.29, 0.717) is 31.2 Å². The van der Waals surface area contributed by atoms with Crippen molar-refractivity contribution >= 4 is 6.09 Å². The van der Waals surface area contributed by atoms with Gasteiger partial charge >= 0.3 is 6.09 Å². The predicted molar refractivity (Wildman–Crippen MR) is 124 cm³/mol. The predicted octanol–water partition coefficient (Wildman–Crippen LogP) is 4.65. The van der Waals surface area contributed by atoms with Crippen LogP contribution >= 0.6 is 0 Å². The molecule has 0 spiro atoms. The van der Waals surface area contributed by atoms with Gasteiger partial charge in [-0.15, -0.1) is 0 Å². The van der Waals surface area contributed by atoms with Crippen molar-refractivity contribution in [2.75, 3.05) is 33.9 Å². The molecule has 174 valence electrons. The highest BCUT2D eigenvalue weighted by atomic mass is 16.5. The molecular weight excluding hydrogens is 406 g/mol. The first-order chi connectivity index (χ1) is 15.4. The Kier molecular flexibility index (Phi) is 8.02. The van der Waals surface area contributed by atoms with Gasteiger partial charge in [-0.25, -0.2) is 4.79 Å². The molecular formula is C26H35NO5. The number of hydrogen-bond acceptors (Lipinski definition) is 5. The molecule has 2 aromatic carbocycles. The van der Waals surface area contributed by atoms with Crippen LogP contribution in [-0.2, 0) is 11.2 Å². The number of likely N-dealkylation sites (tertiary alicyclic amines) is 1. The molecule has 0 bridgehead atoms. The van der Waals surface area contributed by atoms with Crippen LogP contribution < -0.4 is 9.47 Å². The number of methoxy groups -OCH3 is 2. The summed E-state index contributed by atoms with van der Waals surface area (Å²) in [5.74, 6) is 1.32. The lowest BCUT2D eigenvalue weighted by atomic mass is 9.72. The van der Waals surface area contributed by atoms with Gasteiger partial charge in [0.1, 0.15) is 0 Å². The fraction of sp³-hybridized carbons (Fsp3) is 0.500. The average Bonchev–Trinajstić information content (AvgIpc) is 3.18. The van der Waals surface area contributed by atoms with Crippen LogP contribution in [0.15, 0.2) is 48.5 Å². The fourth-order valence-corrected chi connectivity index (χ4v) is 4.47. The number of amides is 1. The van der Waals surface area contributed by atoms with Gasteiger partial charge in [-0.3, -0.25) is 0 Å². The first-order valence-electron chi connectivity index (χ1n) is 11.2. The van der Waals surface area contributed by atoms with Crippen LogP contribution in [0.25, 0.3) is 0 Å². The van der Waals surface area contributed by atoms with Crippen LogP contribution in [0.5, 0.6) is 11.5 Å². The van der Waals surface area contributed by atoms with Crippen molar-refractivity contribution in [3.05, 3.63) is 59.7 Å². The van der Waals surface area contributed by atoms with Crippen molar-refractivity contribution in [1.82, 2.24) is 4.90 Å². The van der Waals surface area contributed by atoms with Gasteiger partial charge in [-0.1, -0.05) is 43.3 Å². The summed E-state index contributed by atoms with van der Waals surface area (Å²) < 4.78 is 16.5. The molecule has 6 nitrogen and oxygen atoms in total. The summed E-state index contributed by atoms with van der Waals surface area (Å²) in [5.41, 5.74) is 1.86. The lowest BCUT2D eigenvalue weighted by molar-refractivity contribution is 0.0470. The van der Waals surface area contributed by atoms with E-state index in [1.165, 1.54) is 12.7 Å². The van der Waals surface area contributed by atoms with Gasteiger partial charge in [0.05, 0.1) is 26.9 Å². The molecule has 0 saturated carbocycles. The standard InChI is InChI=1S/C26H35NO5/c1-19(28)26(2)18-27(25(29)31-4)17-22(26)21-13-14-23(30-3)24(16-21)32-15-9-8-12-20-10-6-5-7-11-20/h5-7,10-11,13-14,16,19,22,28H,8-9,12,15,17-18H2,1-4H3/t19-,22+,26+/m0/s1. The third-order valence-corrected chi connectivity index (χ3v) is 6.67. The van der Waals surface area contributed by atoms with E-state index in [1.807, 2.05) is 31.2 Å². The smallest absolute Gasteiger partial charge is 0.409 e. The summed E-state index contributed by atoms with van der Waals surface area (Å²) in [6.07, 6.45) is 2.05. The van der Waals surface area contributed by atoms with Crippen molar-refractivity contribution < 1.29 is 24.1 Å². The van der Waals surface area contributed by atoms with Crippen LogP contribution in [-0.4, -0.2) is 56.1 Å². The topological polar surface area (TPSA) is 68.2 Å². The quantitative estimate of drug-likeness (QED) is 0.574. The number of rotatable bonds is 9. The average molecular weight is 442 g/mol. The van der Waals surface area contributed by atoms with Gasteiger partial charge in [0, 0.05) is 24.4 Å². The molecule has 1 aliphatic rings. The van der Waals surface area contributed by atoms with E-state index in [4.69, 9.17) is 14.2 Å². The van der Waals surface area contributed by atoms with Crippen molar-refractivity contribution in [3.8, 4) is 11.5 Å². The van der Waals surface area contributed by atoms with Crippen molar-refractivity contribution in [1.29, 1.82) is 0 Å². The van der Waals surface area contributed by atoms with Crippen LogP contribution in [0.1, 0.15) is 43.7 Å². The second-order valence-corrected chi connectivity index (χ2v) is 8.79. The highest BCUT2D eigenvalue weighted by molar-refractivity contribution is 5.68. The van der Waals surface area contributed by atoms with E-state index in [9.17, 15) is 9.90 Å². The summed E-state index contributed by atoms with van der Waals surface area (Å²) in [6.45, 7) is 5.31. The molecule has 3 rings (SSSR count). The van der Waals surface area contributed by atoms with Gasteiger partial charge in [-0.05, 0) is 49.4 Å². The molecule has 2 aromatic rings. The number of hydrogen-bond donors (Lipinski definition) is 1. The summed E-state index contributed by atoms with van der Waals surface area (Å²) in [7, 11) is 3.01. The molecule has 0 radical (unpaired) electrons. The van der Waals surface area contributed by atoms with Crippen molar-refractivity contribution in [3.63, 3.8) is 0 Å². The Morgan fingerprint density at radius 1 is 1.16 bits per heavy atom. The third kappa shape index (κ3) is 5.36. The molecule has 32 heavy (non-hydrogen) atoms. The molecule has 1 aliphatic heterocycles. The van der Waals surface area contributed by atoms with E-state index in [1.54, 1.807) is 18.9 Å². The molecule has 1 N–H and O–H groups in total. The second kappa shape index (κ2) is 10.7. The van der Waals surface area contributed by atoms with E-state index in [-0.39, 0.29) is 12.0 Å². The minimum Gasteiger partial charge on any atom is -0.493 e. The lowest BCUT2D eigenvalue weighted by Crippen LogP contribution is -2.38. The zero-order valence-electron chi connectivity index (χ0n) is 19.5. The maximum absolute atomic E-state index is 12.2. The number of aliphatic hydroxyl groups is 1. The number of carbonyl (C=O) groups is 1. The van der Waals surface area contributed by atoms with Crippen molar-refractivity contribution in [2.24, 2.45) is 5.41 Å². The Balaban J connectivity index is 1.69. The summed E-state index contributed by atoms with van der Waals surface area (Å²) >= 11 is 0. The molecule has 0 aromatic heterocycles. The maximum Gasteiger partial charge on any atom is 0.409 e. The SMILES string of the molecule is COC(=O)N1C[C@H](c2ccc(OC)c(OCCCCc3ccccc3)c2)[C@@](C)([C@H](C)O)C1. The van der Waals surface area contributed by atoms with Crippen molar-refractivity contribution in [2.45, 2.75) is 45.1 Å². The number of benzene rings is 2. The molecule has 1 saturated heterocycles. The zero-order valence-corrected chi connectivity index (χ0v) is 19.5. The highest BCUT2D eigenvalue weighted by Gasteiger charge is 2.48. The van der Waals surface area contributed by atoms with E-state index in [0.717, 1.165) is 24.8 Å². The molecule has 1 amide bonds. The van der Waals surface area contributed by atoms with E-state index < -0.39 is 11.5 Å². The molecule has 6 heteroatoms. The van der Waals surface area contributed by atoms with E-state index >= 15 is 0 Å². The number of nitrogens with zero attached hydrogens (tertiary/aromatic N) is 1. The van der Waals surface area contributed by atoms with Crippen LogP contribution in [0.3, 0.4) is 0 Å². The Morgan fingerprint density at radius 2 is 1.91 bits per heavy atom. The first-order valence-corrected chi connectivity index (χ1v) is 11.2. The molecule has 0 aliphatic carbocycles. The Hall–Kier alpha value is -2.73. The number of carbonyl (C=O) groups excluding carboxylic acids is 1. The number of ether oxygens (including phenoxy) is 3. The van der Waals surface area contributed by atoms with Crippen LogP contribution in [0.2, 0.25) is 0 Å². The third-order valence-electron chi connectivity index (χ3n) is 6.67. The summed E-state index contributed by atoms with van der Waals surface area (Å²) in [6, 6.07) is 16.3.